The molecule has 3 rings (SSSR count). The van der Waals surface area contributed by atoms with Crippen molar-refractivity contribution in [2.45, 2.75) is 12.6 Å². The first-order chi connectivity index (χ1) is 12.6. The third-order valence-corrected chi connectivity index (χ3v) is 4.00. The van der Waals surface area contributed by atoms with Gasteiger partial charge in [-0.25, -0.2) is 0 Å². The standard InChI is InChI=1S/C19H19N3O4/c1-22(18(19(23)24)13-6-8-14(25-2)9-7-13)12-15-11-17(21-26-15)16-5-3-4-10-20-16/h3-11,18H,12H2,1-2H3,(H,23,24). The molecule has 0 aliphatic rings. The van der Waals surface area contributed by atoms with E-state index in [4.69, 9.17) is 9.26 Å². The van der Waals surface area contributed by atoms with Gasteiger partial charge >= 0.3 is 5.97 Å². The molecular formula is C19H19N3O4. The summed E-state index contributed by atoms with van der Waals surface area (Å²) < 4.78 is 10.5. The quantitative estimate of drug-likeness (QED) is 0.698. The zero-order valence-electron chi connectivity index (χ0n) is 14.5. The second-order valence-corrected chi connectivity index (χ2v) is 5.82. The summed E-state index contributed by atoms with van der Waals surface area (Å²) in [6.07, 6.45) is 1.68. The fourth-order valence-corrected chi connectivity index (χ4v) is 2.73. The van der Waals surface area contributed by atoms with Gasteiger partial charge in [-0.15, -0.1) is 0 Å². The minimum absolute atomic E-state index is 0.294. The highest BCUT2D eigenvalue weighted by molar-refractivity contribution is 5.75. The van der Waals surface area contributed by atoms with E-state index in [0.717, 1.165) is 0 Å². The van der Waals surface area contributed by atoms with Gasteiger partial charge in [0.1, 0.15) is 17.5 Å². The Bertz CT molecular complexity index is 862. The van der Waals surface area contributed by atoms with Crippen molar-refractivity contribution in [3.8, 4) is 17.1 Å². The first kappa shape index (κ1) is 17.6. The van der Waals surface area contributed by atoms with Crippen LogP contribution in [0.5, 0.6) is 5.75 Å². The molecule has 7 nitrogen and oxygen atoms in total. The van der Waals surface area contributed by atoms with Gasteiger partial charge in [0.25, 0.3) is 0 Å². The second kappa shape index (κ2) is 7.79. The topological polar surface area (TPSA) is 88.7 Å². The first-order valence-electron chi connectivity index (χ1n) is 8.02. The predicted molar refractivity (Wildman–Crippen MR) is 94.6 cm³/mol. The highest BCUT2D eigenvalue weighted by atomic mass is 16.5. The van der Waals surface area contributed by atoms with Gasteiger partial charge in [-0.1, -0.05) is 23.4 Å². The Morgan fingerprint density at radius 1 is 1.23 bits per heavy atom. The number of hydrogen-bond donors (Lipinski definition) is 1. The Balaban J connectivity index is 1.77. The van der Waals surface area contributed by atoms with Gasteiger partial charge in [-0.05, 0) is 36.9 Å². The van der Waals surface area contributed by atoms with Gasteiger partial charge < -0.3 is 14.4 Å². The third-order valence-electron chi connectivity index (χ3n) is 4.00. The first-order valence-corrected chi connectivity index (χ1v) is 8.02. The van der Waals surface area contributed by atoms with Crippen LogP contribution in [0.15, 0.2) is 59.3 Å². The van der Waals surface area contributed by atoms with Crippen molar-refractivity contribution >= 4 is 5.97 Å². The predicted octanol–water partition coefficient (Wildman–Crippen LogP) is 3.00. The second-order valence-electron chi connectivity index (χ2n) is 5.82. The van der Waals surface area contributed by atoms with Crippen LogP contribution in [0.2, 0.25) is 0 Å². The van der Waals surface area contributed by atoms with Crippen LogP contribution < -0.4 is 4.74 Å². The monoisotopic (exact) mass is 353 g/mol. The van der Waals surface area contributed by atoms with Crippen LogP contribution in [0.4, 0.5) is 0 Å². The number of ether oxygens (including phenoxy) is 1. The van der Waals surface area contributed by atoms with E-state index in [1.165, 1.54) is 0 Å². The fourth-order valence-electron chi connectivity index (χ4n) is 2.73. The highest BCUT2D eigenvalue weighted by Crippen LogP contribution is 2.25. The number of aliphatic carboxylic acids is 1. The number of rotatable bonds is 7. The fraction of sp³-hybridized carbons (Fsp3) is 0.211. The normalized spacial score (nSPS) is 12.1. The molecule has 0 fully saturated rings. The number of methoxy groups -OCH3 is 1. The van der Waals surface area contributed by atoms with Crippen molar-refractivity contribution in [2.75, 3.05) is 14.2 Å². The maximum absolute atomic E-state index is 11.8. The number of hydrogen-bond acceptors (Lipinski definition) is 6. The maximum atomic E-state index is 11.8. The molecule has 0 saturated carbocycles. The van der Waals surface area contributed by atoms with E-state index in [0.29, 0.717) is 35.0 Å². The molecule has 0 saturated heterocycles. The van der Waals surface area contributed by atoms with Crippen molar-refractivity contribution < 1.29 is 19.2 Å². The summed E-state index contributed by atoms with van der Waals surface area (Å²) >= 11 is 0. The molecule has 2 heterocycles. The molecule has 1 aromatic carbocycles. The summed E-state index contributed by atoms with van der Waals surface area (Å²) in [5.41, 5.74) is 1.98. The number of nitrogens with zero attached hydrogens (tertiary/aromatic N) is 3. The zero-order chi connectivity index (χ0) is 18.5. The molecule has 0 bridgehead atoms. The molecule has 0 amide bonds. The molecule has 26 heavy (non-hydrogen) atoms. The van der Waals surface area contributed by atoms with Crippen LogP contribution in [0.3, 0.4) is 0 Å². The average Bonchev–Trinajstić information content (AvgIpc) is 3.11. The molecule has 7 heteroatoms. The Hall–Kier alpha value is -3.19. The Morgan fingerprint density at radius 3 is 2.62 bits per heavy atom. The average molecular weight is 353 g/mol. The summed E-state index contributed by atoms with van der Waals surface area (Å²) in [6, 6.07) is 13.5. The van der Waals surface area contributed by atoms with E-state index < -0.39 is 12.0 Å². The highest BCUT2D eigenvalue weighted by Gasteiger charge is 2.26. The number of aromatic nitrogens is 2. The van der Waals surface area contributed by atoms with E-state index in [1.54, 1.807) is 55.6 Å². The van der Waals surface area contributed by atoms with Gasteiger partial charge in [-0.3, -0.25) is 14.7 Å². The lowest BCUT2D eigenvalue weighted by Gasteiger charge is -2.23. The van der Waals surface area contributed by atoms with Crippen molar-refractivity contribution in [3.63, 3.8) is 0 Å². The minimum Gasteiger partial charge on any atom is -0.497 e. The number of carbonyl (C=O) groups is 1. The molecule has 1 atom stereocenters. The van der Waals surface area contributed by atoms with Crippen LogP contribution >= 0.6 is 0 Å². The Labute approximate surface area is 150 Å². The summed E-state index contributed by atoms with van der Waals surface area (Å²) in [5, 5.41) is 13.7. The molecule has 134 valence electrons. The molecule has 0 radical (unpaired) electrons. The Kier molecular flexibility index (Phi) is 5.28. The summed E-state index contributed by atoms with van der Waals surface area (Å²) in [7, 11) is 3.30. The van der Waals surface area contributed by atoms with Crippen LogP contribution in [-0.2, 0) is 11.3 Å². The number of pyridine rings is 1. The number of benzene rings is 1. The largest absolute Gasteiger partial charge is 0.497 e. The smallest absolute Gasteiger partial charge is 0.325 e. The molecule has 3 aromatic rings. The summed E-state index contributed by atoms with van der Waals surface area (Å²) in [4.78, 5) is 17.7. The zero-order valence-corrected chi connectivity index (χ0v) is 14.5. The number of carboxylic acids is 1. The van der Waals surface area contributed by atoms with Crippen molar-refractivity contribution in [2.24, 2.45) is 0 Å². The van der Waals surface area contributed by atoms with E-state index in [9.17, 15) is 9.90 Å². The lowest BCUT2D eigenvalue weighted by atomic mass is 10.1. The number of likely N-dealkylation sites (N-methyl/N-ethyl adjacent to an activating group) is 1. The van der Waals surface area contributed by atoms with Crippen LogP contribution in [-0.4, -0.2) is 40.3 Å². The van der Waals surface area contributed by atoms with Gasteiger partial charge in [0.05, 0.1) is 19.3 Å². The van der Waals surface area contributed by atoms with E-state index in [1.807, 2.05) is 18.2 Å². The summed E-state index contributed by atoms with van der Waals surface area (Å²) in [5.74, 6) is 0.297. The van der Waals surface area contributed by atoms with Crippen LogP contribution in [0, 0.1) is 0 Å². The van der Waals surface area contributed by atoms with Gasteiger partial charge in [0.2, 0.25) is 0 Å². The lowest BCUT2D eigenvalue weighted by molar-refractivity contribution is -0.143. The number of carboxylic acid groups (broad SMARTS) is 1. The van der Waals surface area contributed by atoms with Gasteiger partial charge in [0.15, 0.2) is 5.76 Å². The SMILES string of the molecule is COc1ccc(C(C(=O)O)N(C)Cc2cc(-c3ccccn3)no2)cc1. The molecule has 1 unspecified atom stereocenters. The van der Waals surface area contributed by atoms with Crippen LogP contribution in [0.25, 0.3) is 11.4 Å². The van der Waals surface area contributed by atoms with E-state index in [-0.39, 0.29) is 0 Å². The van der Waals surface area contributed by atoms with E-state index in [2.05, 4.69) is 10.1 Å². The third kappa shape index (κ3) is 3.89. The summed E-state index contributed by atoms with van der Waals surface area (Å²) in [6.45, 7) is 0.294. The molecular weight excluding hydrogens is 334 g/mol. The minimum atomic E-state index is -0.942. The molecule has 2 aromatic heterocycles. The van der Waals surface area contributed by atoms with Gasteiger partial charge in [0, 0.05) is 12.3 Å². The van der Waals surface area contributed by atoms with Crippen molar-refractivity contribution in [3.05, 3.63) is 66.1 Å². The Morgan fingerprint density at radius 2 is 2.00 bits per heavy atom. The molecule has 0 aliphatic carbocycles. The van der Waals surface area contributed by atoms with Crippen molar-refractivity contribution in [1.82, 2.24) is 15.0 Å². The molecule has 1 N–H and O–H groups in total. The molecule has 0 aliphatic heterocycles. The molecule has 0 spiro atoms. The lowest BCUT2D eigenvalue weighted by Crippen LogP contribution is -2.30. The van der Waals surface area contributed by atoms with E-state index >= 15 is 0 Å². The maximum Gasteiger partial charge on any atom is 0.325 e. The van der Waals surface area contributed by atoms with Gasteiger partial charge in [-0.2, -0.15) is 0 Å². The van der Waals surface area contributed by atoms with Crippen LogP contribution in [0.1, 0.15) is 17.4 Å². The van der Waals surface area contributed by atoms with Crippen molar-refractivity contribution in [1.29, 1.82) is 0 Å².